The monoisotopic (exact) mass is 359 g/mol. The van der Waals surface area contributed by atoms with Crippen molar-refractivity contribution in [2.24, 2.45) is 0 Å². The second-order valence-electron chi connectivity index (χ2n) is 4.66. The summed E-state index contributed by atoms with van der Waals surface area (Å²) < 4.78 is 1.17. The molecule has 0 radical (unpaired) electrons. The topological polar surface area (TPSA) is 3.24 Å². The molecule has 2 rings (SSSR count). The van der Waals surface area contributed by atoms with Gasteiger partial charge in [-0.1, -0.05) is 38.8 Å². The molecule has 1 aromatic carbocycles. The molecule has 1 atom stereocenters. The van der Waals surface area contributed by atoms with E-state index in [-0.39, 0.29) is 0 Å². The number of rotatable bonds is 3. The maximum absolute atomic E-state index is 3.60. The molecule has 1 saturated heterocycles. The number of piperidine rings is 1. The molecule has 1 heterocycles. The van der Waals surface area contributed by atoms with Crippen molar-refractivity contribution < 1.29 is 0 Å². The summed E-state index contributed by atoms with van der Waals surface area (Å²) in [6.45, 7) is 3.51. The number of alkyl halides is 1. The second kappa shape index (κ2) is 6.24. The fraction of sp³-hybridized carbons (Fsp3) is 0.571. The highest BCUT2D eigenvalue weighted by Gasteiger charge is 2.22. The van der Waals surface area contributed by atoms with Crippen molar-refractivity contribution in [3.05, 3.63) is 28.2 Å². The number of benzene rings is 1. The van der Waals surface area contributed by atoms with Crippen LogP contribution in [0.2, 0.25) is 0 Å². The predicted molar refractivity (Wildman–Crippen MR) is 82.0 cm³/mol. The van der Waals surface area contributed by atoms with E-state index in [0.29, 0.717) is 0 Å². The van der Waals surface area contributed by atoms with E-state index in [0.717, 1.165) is 11.4 Å². The third-order valence-corrected chi connectivity index (χ3v) is 4.69. The average Bonchev–Trinajstić information content (AvgIpc) is 2.38. The van der Waals surface area contributed by atoms with Gasteiger partial charge in [0, 0.05) is 28.1 Å². The first-order valence-corrected chi connectivity index (χ1v) is 8.28. The summed E-state index contributed by atoms with van der Waals surface area (Å²) in [5, 5.41) is 0.925. The van der Waals surface area contributed by atoms with E-state index in [1.807, 2.05) is 0 Å². The second-order valence-corrected chi connectivity index (χ2v) is 6.13. The Labute approximate surface area is 121 Å². The van der Waals surface area contributed by atoms with Crippen LogP contribution in [0.3, 0.4) is 0 Å². The standard InChI is InChI=1S/C14H19Br2N/c1-2-13-5-3-4-8-17(13)14-7-6-12(16)9-11(14)10-15/h6-7,9,13H,2-5,8,10H2,1H3. The molecule has 3 heteroatoms. The van der Waals surface area contributed by atoms with E-state index in [9.17, 15) is 0 Å². The summed E-state index contributed by atoms with van der Waals surface area (Å²) in [6, 6.07) is 7.37. The lowest BCUT2D eigenvalue weighted by Gasteiger charge is -2.38. The minimum absolute atomic E-state index is 0.725. The Morgan fingerprint density at radius 3 is 2.88 bits per heavy atom. The third-order valence-electron chi connectivity index (χ3n) is 3.59. The molecule has 1 aliphatic heterocycles. The van der Waals surface area contributed by atoms with Gasteiger partial charge in [-0.2, -0.15) is 0 Å². The van der Waals surface area contributed by atoms with Crippen LogP contribution in [0.1, 0.15) is 38.2 Å². The van der Waals surface area contributed by atoms with Crippen molar-refractivity contribution in [1.29, 1.82) is 0 Å². The molecule has 0 aromatic heterocycles. The molecule has 1 unspecified atom stereocenters. The molecule has 0 saturated carbocycles. The average molecular weight is 361 g/mol. The summed E-state index contributed by atoms with van der Waals surface area (Å²) >= 11 is 7.16. The minimum atomic E-state index is 0.725. The van der Waals surface area contributed by atoms with Gasteiger partial charge in [-0.25, -0.2) is 0 Å². The Bertz CT molecular complexity index is 378. The van der Waals surface area contributed by atoms with Gasteiger partial charge in [-0.3, -0.25) is 0 Å². The van der Waals surface area contributed by atoms with E-state index >= 15 is 0 Å². The minimum Gasteiger partial charge on any atom is -0.368 e. The van der Waals surface area contributed by atoms with Gasteiger partial charge in [0.2, 0.25) is 0 Å². The highest BCUT2D eigenvalue weighted by molar-refractivity contribution is 9.10. The van der Waals surface area contributed by atoms with Gasteiger partial charge in [-0.15, -0.1) is 0 Å². The van der Waals surface area contributed by atoms with Crippen molar-refractivity contribution >= 4 is 37.5 Å². The highest BCUT2D eigenvalue weighted by atomic mass is 79.9. The number of hydrogen-bond acceptors (Lipinski definition) is 1. The highest BCUT2D eigenvalue weighted by Crippen LogP contribution is 2.32. The molecule has 1 nitrogen and oxygen atoms in total. The van der Waals surface area contributed by atoms with Gasteiger partial charge in [0.15, 0.2) is 0 Å². The first kappa shape index (κ1) is 13.4. The maximum atomic E-state index is 3.60. The number of anilines is 1. The lowest BCUT2D eigenvalue weighted by molar-refractivity contribution is 0.449. The Hall–Kier alpha value is -0.0200. The Morgan fingerprint density at radius 1 is 1.35 bits per heavy atom. The number of hydrogen-bond donors (Lipinski definition) is 0. The summed E-state index contributed by atoms with van der Waals surface area (Å²) in [4.78, 5) is 2.60. The van der Waals surface area contributed by atoms with Gasteiger partial charge in [-0.05, 0) is 49.4 Å². The molecule has 0 bridgehead atoms. The van der Waals surface area contributed by atoms with E-state index in [2.05, 4.69) is 61.9 Å². The summed E-state index contributed by atoms with van der Waals surface area (Å²) in [6.07, 6.45) is 5.30. The first-order valence-electron chi connectivity index (χ1n) is 6.37. The van der Waals surface area contributed by atoms with Crippen LogP contribution in [0.15, 0.2) is 22.7 Å². The third kappa shape index (κ3) is 3.05. The van der Waals surface area contributed by atoms with Gasteiger partial charge < -0.3 is 4.90 Å². The number of nitrogens with zero attached hydrogens (tertiary/aromatic N) is 1. The molecule has 0 N–H and O–H groups in total. The maximum Gasteiger partial charge on any atom is 0.0410 e. The van der Waals surface area contributed by atoms with Crippen molar-refractivity contribution in [2.75, 3.05) is 11.4 Å². The molecular formula is C14H19Br2N. The lowest BCUT2D eigenvalue weighted by atomic mass is 9.98. The van der Waals surface area contributed by atoms with Crippen LogP contribution in [-0.4, -0.2) is 12.6 Å². The van der Waals surface area contributed by atoms with Crippen LogP contribution in [0.4, 0.5) is 5.69 Å². The molecule has 94 valence electrons. The Balaban J connectivity index is 2.30. The molecule has 0 spiro atoms. The van der Waals surface area contributed by atoms with Gasteiger partial charge in [0.25, 0.3) is 0 Å². The van der Waals surface area contributed by atoms with Crippen LogP contribution in [0, 0.1) is 0 Å². The summed E-state index contributed by atoms with van der Waals surface area (Å²) in [7, 11) is 0. The molecule has 1 aromatic rings. The zero-order valence-corrected chi connectivity index (χ0v) is 13.4. The number of halogens is 2. The zero-order chi connectivity index (χ0) is 12.3. The summed E-state index contributed by atoms with van der Waals surface area (Å²) in [5.41, 5.74) is 2.80. The van der Waals surface area contributed by atoms with Crippen molar-refractivity contribution in [2.45, 2.75) is 44.0 Å². The van der Waals surface area contributed by atoms with E-state index in [4.69, 9.17) is 0 Å². The smallest absolute Gasteiger partial charge is 0.0410 e. The quantitative estimate of drug-likeness (QED) is 0.676. The SMILES string of the molecule is CCC1CCCCN1c1ccc(Br)cc1CBr. The Kier molecular flexibility index (Phi) is 4.92. The first-order chi connectivity index (χ1) is 8.26. The van der Waals surface area contributed by atoms with Crippen LogP contribution >= 0.6 is 31.9 Å². The van der Waals surface area contributed by atoms with Gasteiger partial charge in [0.1, 0.15) is 0 Å². The summed E-state index contributed by atoms with van der Waals surface area (Å²) in [5.74, 6) is 0. The van der Waals surface area contributed by atoms with Crippen molar-refractivity contribution in [1.82, 2.24) is 0 Å². The van der Waals surface area contributed by atoms with E-state index < -0.39 is 0 Å². The lowest BCUT2D eigenvalue weighted by Crippen LogP contribution is -2.39. The van der Waals surface area contributed by atoms with E-state index in [1.54, 1.807) is 0 Å². The predicted octanol–water partition coefficient (Wildman–Crippen LogP) is 5.11. The van der Waals surface area contributed by atoms with Crippen LogP contribution in [0.5, 0.6) is 0 Å². The molecular weight excluding hydrogens is 342 g/mol. The van der Waals surface area contributed by atoms with E-state index in [1.165, 1.54) is 48.0 Å². The van der Waals surface area contributed by atoms with Crippen LogP contribution in [0.25, 0.3) is 0 Å². The molecule has 1 fully saturated rings. The fourth-order valence-corrected chi connectivity index (χ4v) is 3.54. The van der Waals surface area contributed by atoms with Crippen LogP contribution < -0.4 is 4.90 Å². The molecule has 0 aliphatic carbocycles. The Morgan fingerprint density at radius 2 is 2.18 bits per heavy atom. The molecule has 0 amide bonds. The molecule has 1 aliphatic rings. The van der Waals surface area contributed by atoms with Gasteiger partial charge >= 0.3 is 0 Å². The van der Waals surface area contributed by atoms with Crippen molar-refractivity contribution in [3.8, 4) is 0 Å². The fourth-order valence-electron chi connectivity index (χ4n) is 2.68. The molecule has 17 heavy (non-hydrogen) atoms. The van der Waals surface area contributed by atoms with Crippen molar-refractivity contribution in [3.63, 3.8) is 0 Å². The van der Waals surface area contributed by atoms with Crippen LogP contribution in [-0.2, 0) is 5.33 Å². The normalized spacial score (nSPS) is 20.6. The largest absolute Gasteiger partial charge is 0.368 e. The van der Waals surface area contributed by atoms with Gasteiger partial charge in [0.05, 0.1) is 0 Å². The zero-order valence-electron chi connectivity index (χ0n) is 10.3.